The van der Waals surface area contributed by atoms with E-state index in [9.17, 15) is 0 Å². The number of hydrogen-bond donors (Lipinski definition) is 2. The van der Waals surface area contributed by atoms with Gasteiger partial charge in [0.25, 0.3) is 0 Å². The summed E-state index contributed by atoms with van der Waals surface area (Å²) in [6.07, 6.45) is 2.55. The summed E-state index contributed by atoms with van der Waals surface area (Å²) in [5.41, 5.74) is 0.891. The number of nitrogens with zero attached hydrogens (tertiary/aromatic N) is 3. The summed E-state index contributed by atoms with van der Waals surface area (Å²) >= 11 is 0. The van der Waals surface area contributed by atoms with E-state index < -0.39 is 0 Å². The first-order valence-corrected chi connectivity index (χ1v) is 9.22. The molecule has 1 aromatic carbocycles. The SMILES string of the molecule is Cc1noc(CN=C(NCCc2ccco2)Nc2ccc(OC(C)C)cc2)n1.I. The first-order chi connectivity index (χ1) is 13.6. The molecule has 0 amide bonds. The van der Waals surface area contributed by atoms with Gasteiger partial charge in [-0.1, -0.05) is 5.16 Å². The number of nitrogens with one attached hydrogen (secondary N) is 2. The van der Waals surface area contributed by atoms with Crippen molar-refractivity contribution in [2.75, 3.05) is 11.9 Å². The molecular weight excluding hydrogens is 485 g/mol. The molecule has 0 spiro atoms. The Labute approximate surface area is 187 Å². The molecule has 0 unspecified atom stereocenters. The Morgan fingerprint density at radius 3 is 2.62 bits per heavy atom. The average molecular weight is 511 g/mol. The monoisotopic (exact) mass is 511 g/mol. The number of furan rings is 1. The number of guanidine groups is 1. The van der Waals surface area contributed by atoms with Gasteiger partial charge in [-0.15, -0.1) is 24.0 Å². The van der Waals surface area contributed by atoms with Crippen LogP contribution in [0.15, 0.2) is 56.6 Å². The highest BCUT2D eigenvalue weighted by molar-refractivity contribution is 14.0. The Morgan fingerprint density at radius 2 is 2.00 bits per heavy atom. The number of rotatable bonds is 8. The number of aryl methyl sites for hydroxylation is 1. The first-order valence-electron chi connectivity index (χ1n) is 9.22. The second-order valence-corrected chi connectivity index (χ2v) is 6.47. The van der Waals surface area contributed by atoms with Crippen molar-refractivity contribution in [1.82, 2.24) is 15.5 Å². The van der Waals surface area contributed by atoms with Crippen LogP contribution in [0.5, 0.6) is 5.75 Å². The molecule has 0 aliphatic rings. The van der Waals surface area contributed by atoms with Crippen LogP contribution >= 0.6 is 24.0 Å². The smallest absolute Gasteiger partial charge is 0.248 e. The zero-order valence-corrected chi connectivity index (χ0v) is 19.0. The van der Waals surface area contributed by atoms with Crippen LogP contribution in [0.1, 0.15) is 31.3 Å². The highest BCUT2D eigenvalue weighted by Crippen LogP contribution is 2.17. The van der Waals surface area contributed by atoms with E-state index in [0.717, 1.165) is 23.6 Å². The van der Waals surface area contributed by atoms with Crippen molar-refractivity contribution in [3.05, 3.63) is 60.1 Å². The van der Waals surface area contributed by atoms with E-state index in [1.807, 2.05) is 50.2 Å². The van der Waals surface area contributed by atoms with Gasteiger partial charge in [0.15, 0.2) is 11.8 Å². The number of hydrogen-bond acceptors (Lipinski definition) is 6. The van der Waals surface area contributed by atoms with Crippen LogP contribution in [0.4, 0.5) is 5.69 Å². The molecule has 0 bridgehead atoms. The van der Waals surface area contributed by atoms with Crippen LogP contribution in [-0.4, -0.2) is 28.7 Å². The summed E-state index contributed by atoms with van der Waals surface area (Å²) in [4.78, 5) is 8.71. The van der Waals surface area contributed by atoms with E-state index >= 15 is 0 Å². The lowest BCUT2D eigenvalue weighted by atomic mass is 10.3. The lowest BCUT2D eigenvalue weighted by molar-refractivity contribution is 0.242. The molecule has 0 fully saturated rings. The fraction of sp³-hybridized carbons (Fsp3) is 0.350. The van der Waals surface area contributed by atoms with Gasteiger partial charge < -0.3 is 24.3 Å². The maximum absolute atomic E-state index is 5.68. The Kier molecular flexibility index (Phi) is 8.97. The van der Waals surface area contributed by atoms with Gasteiger partial charge >= 0.3 is 0 Å². The Balaban J connectivity index is 0.00000300. The van der Waals surface area contributed by atoms with Crippen molar-refractivity contribution in [3.63, 3.8) is 0 Å². The lowest BCUT2D eigenvalue weighted by Crippen LogP contribution is -2.32. The molecule has 9 heteroatoms. The van der Waals surface area contributed by atoms with E-state index in [1.54, 1.807) is 13.2 Å². The predicted molar refractivity (Wildman–Crippen MR) is 122 cm³/mol. The summed E-state index contributed by atoms with van der Waals surface area (Å²) in [7, 11) is 0. The maximum atomic E-state index is 5.68. The number of anilines is 1. The third kappa shape index (κ3) is 7.76. The van der Waals surface area contributed by atoms with Crippen LogP contribution in [0.3, 0.4) is 0 Å². The van der Waals surface area contributed by atoms with E-state index in [0.29, 0.717) is 24.2 Å². The molecule has 0 saturated heterocycles. The van der Waals surface area contributed by atoms with Crippen molar-refractivity contribution >= 4 is 35.6 Å². The van der Waals surface area contributed by atoms with Crippen LogP contribution < -0.4 is 15.4 Å². The molecule has 2 N–H and O–H groups in total. The van der Waals surface area contributed by atoms with E-state index in [2.05, 4.69) is 25.8 Å². The first kappa shape index (κ1) is 22.7. The second kappa shape index (κ2) is 11.4. The van der Waals surface area contributed by atoms with Gasteiger partial charge in [-0.05, 0) is 57.2 Å². The highest BCUT2D eigenvalue weighted by Gasteiger charge is 2.06. The van der Waals surface area contributed by atoms with Gasteiger partial charge in [-0.25, -0.2) is 4.99 Å². The van der Waals surface area contributed by atoms with Crippen molar-refractivity contribution < 1.29 is 13.7 Å². The maximum Gasteiger partial charge on any atom is 0.248 e. The molecule has 0 radical (unpaired) electrons. The molecule has 156 valence electrons. The topological polar surface area (TPSA) is 97.7 Å². The zero-order valence-electron chi connectivity index (χ0n) is 16.7. The molecular formula is C20H26IN5O3. The highest BCUT2D eigenvalue weighted by atomic mass is 127. The zero-order chi connectivity index (χ0) is 19.8. The molecule has 3 rings (SSSR count). The molecule has 0 saturated carbocycles. The van der Waals surface area contributed by atoms with Gasteiger partial charge in [-0.3, -0.25) is 0 Å². The normalized spacial score (nSPS) is 11.2. The van der Waals surface area contributed by atoms with Crippen LogP contribution in [0.2, 0.25) is 0 Å². The van der Waals surface area contributed by atoms with Crippen molar-refractivity contribution in [2.45, 2.75) is 39.8 Å². The predicted octanol–water partition coefficient (Wildman–Crippen LogP) is 4.18. The van der Waals surface area contributed by atoms with Crippen molar-refractivity contribution in [3.8, 4) is 5.75 Å². The number of aliphatic imine (C=N–C) groups is 1. The molecule has 29 heavy (non-hydrogen) atoms. The van der Waals surface area contributed by atoms with Gasteiger partial charge in [-0.2, -0.15) is 4.98 Å². The third-order valence-electron chi connectivity index (χ3n) is 3.67. The number of benzene rings is 1. The van der Waals surface area contributed by atoms with Gasteiger partial charge in [0.05, 0.1) is 12.4 Å². The van der Waals surface area contributed by atoms with Gasteiger partial charge in [0, 0.05) is 18.7 Å². The number of aromatic nitrogens is 2. The van der Waals surface area contributed by atoms with E-state index in [-0.39, 0.29) is 36.6 Å². The summed E-state index contributed by atoms with van der Waals surface area (Å²) in [6.45, 7) is 6.72. The minimum absolute atomic E-state index is 0. The number of ether oxygens (including phenoxy) is 1. The Bertz CT molecular complexity index is 876. The van der Waals surface area contributed by atoms with E-state index in [4.69, 9.17) is 13.7 Å². The second-order valence-electron chi connectivity index (χ2n) is 6.47. The molecule has 2 aromatic heterocycles. The number of halogens is 1. The summed E-state index contributed by atoms with van der Waals surface area (Å²) in [5.74, 6) is 3.40. The van der Waals surface area contributed by atoms with Crippen LogP contribution in [-0.2, 0) is 13.0 Å². The summed E-state index contributed by atoms with van der Waals surface area (Å²) in [6, 6.07) is 11.5. The molecule has 2 heterocycles. The Hall–Kier alpha value is -2.56. The molecule has 0 atom stereocenters. The van der Waals surface area contributed by atoms with Gasteiger partial charge in [0.1, 0.15) is 18.1 Å². The van der Waals surface area contributed by atoms with Crippen molar-refractivity contribution in [1.29, 1.82) is 0 Å². The minimum Gasteiger partial charge on any atom is -0.491 e. The van der Waals surface area contributed by atoms with Crippen LogP contribution in [0, 0.1) is 6.92 Å². The third-order valence-corrected chi connectivity index (χ3v) is 3.67. The van der Waals surface area contributed by atoms with Crippen molar-refractivity contribution in [2.24, 2.45) is 4.99 Å². The average Bonchev–Trinajstić information content (AvgIpc) is 3.32. The lowest BCUT2D eigenvalue weighted by Gasteiger charge is -2.13. The largest absolute Gasteiger partial charge is 0.491 e. The van der Waals surface area contributed by atoms with Gasteiger partial charge in [0.2, 0.25) is 5.89 Å². The quantitative estimate of drug-likeness (QED) is 0.266. The summed E-state index contributed by atoms with van der Waals surface area (Å²) < 4.78 is 16.2. The molecule has 3 aromatic rings. The Morgan fingerprint density at radius 1 is 1.21 bits per heavy atom. The standard InChI is InChI=1S/C20H25N5O3.HI/c1-14(2)27-18-8-6-16(7-9-18)24-20(21-11-10-17-5-4-12-26-17)22-13-19-23-15(3)25-28-19;/h4-9,12,14H,10-11,13H2,1-3H3,(H2,21,22,24);1H. The van der Waals surface area contributed by atoms with Crippen LogP contribution in [0.25, 0.3) is 0 Å². The fourth-order valence-electron chi connectivity index (χ4n) is 2.48. The molecule has 8 nitrogen and oxygen atoms in total. The summed E-state index contributed by atoms with van der Waals surface area (Å²) in [5, 5.41) is 10.4. The fourth-order valence-corrected chi connectivity index (χ4v) is 2.48. The van der Waals surface area contributed by atoms with E-state index in [1.165, 1.54) is 0 Å². The minimum atomic E-state index is 0. The molecule has 0 aliphatic heterocycles. The molecule has 0 aliphatic carbocycles.